The minimum Gasteiger partial charge on any atom is -0.393 e. The summed E-state index contributed by atoms with van der Waals surface area (Å²) in [6.07, 6.45) is 12.4. The molecule has 3 aliphatic rings. The van der Waals surface area contributed by atoms with E-state index in [1.54, 1.807) is 0 Å². The van der Waals surface area contributed by atoms with Crippen LogP contribution in [0.25, 0.3) is 0 Å². The Morgan fingerprint density at radius 2 is 1.89 bits per heavy atom. The van der Waals surface area contributed by atoms with Crippen LogP contribution < -0.4 is 5.73 Å². The number of nitrogens with two attached hydrogens (primary N) is 1. The molecule has 1 saturated heterocycles. The van der Waals surface area contributed by atoms with E-state index in [0.717, 1.165) is 23.4 Å². The Morgan fingerprint density at radius 3 is 2.61 bits per heavy atom. The van der Waals surface area contributed by atoms with Gasteiger partial charge in [-0.05, 0) is 56.4 Å². The molecule has 1 aliphatic heterocycles. The van der Waals surface area contributed by atoms with Crippen molar-refractivity contribution in [3.8, 4) is 0 Å². The smallest absolute Gasteiger partial charge is 0.0733 e. The van der Waals surface area contributed by atoms with Crippen molar-refractivity contribution in [2.45, 2.75) is 63.8 Å². The summed E-state index contributed by atoms with van der Waals surface area (Å²) in [6, 6.07) is 0.885. The van der Waals surface area contributed by atoms with E-state index in [1.165, 1.54) is 64.5 Å². The fraction of sp³-hybridized carbons (Fsp3) is 0.933. The van der Waals surface area contributed by atoms with E-state index in [-0.39, 0.29) is 0 Å². The SMILES string of the molecule is NC(=S)CC1(CN2CCCC3CCCCC32)CC1. The first-order valence-electron chi connectivity index (χ1n) is 7.71. The molecule has 2 aliphatic carbocycles. The standard InChI is InChI=1S/C15H26N2S/c16-14(18)10-15(7-8-15)11-17-9-3-5-12-4-1-2-6-13(12)17/h12-13H,1-11H2,(H2,16,18). The first-order chi connectivity index (χ1) is 8.69. The largest absolute Gasteiger partial charge is 0.393 e. The lowest BCUT2D eigenvalue weighted by atomic mass is 9.78. The normalized spacial score (nSPS) is 34.9. The average Bonchev–Trinajstić information content (AvgIpc) is 3.08. The van der Waals surface area contributed by atoms with Gasteiger partial charge in [0.15, 0.2) is 0 Å². The fourth-order valence-corrected chi connectivity index (χ4v) is 4.60. The summed E-state index contributed by atoms with van der Waals surface area (Å²) < 4.78 is 0. The van der Waals surface area contributed by atoms with Crippen LogP contribution in [0, 0.1) is 11.3 Å². The van der Waals surface area contributed by atoms with Gasteiger partial charge < -0.3 is 5.73 Å². The molecule has 0 spiro atoms. The lowest BCUT2D eigenvalue weighted by Crippen LogP contribution is -2.49. The predicted octanol–water partition coefficient (Wildman–Crippen LogP) is 3.10. The number of nitrogens with zero attached hydrogens (tertiary/aromatic N) is 1. The summed E-state index contributed by atoms with van der Waals surface area (Å²) in [5, 5.41) is 0. The summed E-state index contributed by atoms with van der Waals surface area (Å²) in [5.41, 5.74) is 6.25. The van der Waals surface area contributed by atoms with E-state index in [0.29, 0.717) is 5.41 Å². The van der Waals surface area contributed by atoms with E-state index in [1.807, 2.05) is 0 Å². The van der Waals surface area contributed by atoms with Crippen molar-refractivity contribution >= 4 is 17.2 Å². The van der Waals surface area contributed by atoms with Gasteiger partial charge in [0, 0.05) is 19.0 Å². The van der Waals surface area contributed by atoms with E-state index >= 15 is 0 Å². The molecule has 1 heterocycles. The Balaban J connectivity index is 1.62. The third kappa shape index (κ3) is 2.72. The molecule has 0 bridgehead atoms. The van der Waals surface area contributed by atoms with Gasteiger partial charge in [0.05, 0.1) is 4.99 Å². The van der Waals surface area contributed by atoms with Crippen molar-refractivity contribution in [2.75, 3.05) is 13.1 Å². The van der Waals surface area contributed by atoms with Crippen LogP contribution in [-0.4, -0.2) is 29.0 Å². The summed E-state index contributed by atoms with van der Waals surface area (Å²) in [5.74, 6) is 0.994. The first kappa shape index (κ1) is 12.9. The summed E-state index contributed by atoms with van der Waals surface area (Å²) in [6.45, 7) is 2.59. The number of piperidine rings is 1. The highest BCUT2D eigenvalue weighted by Gasteiger charge is 2.46. The number of hydrogen-bond acceptors (Lipinski definition) is 2. The van der Waals surface area contributed by atoms with Crippen LogP contribution in [0.3, 0.4) is 0 Å². The van der Waals surface area contributed by atoms with Crippen molar-refractivity contribution in [3.05, 3.63) is 0 Å². The number of hydrogen-bond donors (Lipinski definition) is 1. The van der Waals surface area contributed by atoms with Crippen LogP contribution in [-0.2, 0) is 0 Å². The van der Waals surface area contributed by atoms with Gasteiger partial charge in [-0.3, -0.25) is 4.90 Å². The summed E-state index contributed by atoms with van der Waals surface area (Å²) in [4.78, 5) is 3.53. The molecule has 18 heavy (non-hydrogen) atoms. The molecular formula is C15H26N2S. The van der Waals surface area contributed by atoms with Gasteiger partial charge >= 0.3 is 0 Å². The summed E-state index contributed by atoms with van der Waals surface area (Å²) >= 11 is 5.13. The van der Waals surface area contributed by atoms with Gasteiger partial charge in [-0.1, -0.05) is 25.1 Å². The second kappa shape index (κ2) is 5.09. The van der Waals surface area contributed by atoms with Gasteiger partial charge in [-0.25, -0.2) is 0 Å². The molecule has 0 aromatic rings. The molecule has 2 nitrogen and oxygen atoms in total. The summed E-state index contributed by atoms with van der Waals surface area (Å²) in [7, 11) is 0. The van der Waals surface area contributed by atoms with Crippen LogP contribution in [0.4, 0.5) is 0 Å². The van der Waals surface area contributed by atoms with Crippen LogP contribution in [0.5, 0.6) is 0 Å². The molecule has 102 valence electrons. The third-order valence-corrected chi connectivity index (χ3v) is 5.55. The zero-order valence-corrected chi connectivity index (χ0v) is 12.2. The molecule has 3 rings (SSSR count). The minimum atomic E-state index is 0.477. The van der Waals surface area contributed by atoms with Crippen molar-refractivity contribution < 1.29 is 0 Å². The highest BCUT2D eigenvalue weighted by Crippen LogP contribution is 2.50. The Bertz CT molecular complexity index is 322. The maximum atomic E-state index is 5.77. The van der Waals surface area contributed by atoms with Crippen LogP contribution in [0.2, 0.25) is 0 Å². The molecular weight excluding hydrogens is 240 g/mol. The van der Waals surface area contributed by atoms with Crippen molar-refractivity contribution in [3.63, 3.8) is 0 Å². The molecule has 3 heteroatoms. The molecule has 2 saturated carbocycles. The van der Waals surface area contributed by atoms with E-state index < -0.39 is 0 Å². The highest BCUT2D eigenvalue weighted by molar-refractivity contribution is 7.80. The Kier molecular flexibility index (Phi) is 3.63. The topological polar surface area (TPSA) is 29.3 Å². The van der Waals surface area contributed by atoms with Gasteiger partial charge in [-0.15, -0.1) is 0 Å². The maximum absolute atomic E-state index is 5.77. The molecule has 0 amide bonds. The van der Waals surface area contributed by atoms with Gasteiger partial charge in [-0.2, -0.15) is 0 Å². The lowest BCUT2D eigenvalue weighted by Gasteiger charge is -2.45. The molecule has 0 aromatic heterocycles. The van der Waals surface area contributed by atoms with Crippen molar-refractivity contribution in [1.82, 2.24) is 4.90 Å². The van der Waals surface area contributed by atoms with Crippen LogP contribution in [0.1, 0.15) is 57.8 Å². The van der Waals surface area contributed by atoms with E-state index in [9.17, 15) is 0 Å². The third-order valence-electron chi connectivity index (χ3n) is 5.40. The Hall–Kier alpha value is -0.150. The highest BCUT2D eigenvalue weighted by atomic mass is 32.1. The Morgan fingerprint density at radius 1 is 1.17 bits per heavy atom. The lowest BCUT2D eigenvalue weighted by molar-refractivity contribution is 0.0450. The van der Waals surface area contributed by atoms with Crippen molar-refractivity contribution in [1.29, 1.82) is 0 Å². The second-order valence-electron chi connectivity index (χ2n) is 6.87. The van der Waals surface area contributed by atoms with E-state index in [2.05, 4.69) is 4.90 Å². The van der Waals surface area contributed by atoms with E-state index in [4.69, 9.17) is 18.0 Å². The predicted molar refractivity (Wildman–Crippen MR) is 79.6 cm³/mol. The molecule has 0 radical (unpaired) electrons. The molecule has 2 atom stereocenters. The number of likely N-dealkylation sites (tertiary alicyclic amines) is 1. The molecule has 3 fully saturated rings. The zero-order valence-electron chi connectivity index (χ0n) is 11.4. The number of rotatable bonds is 4. The monoisotopic (exact) mass is 266 g/mol. The minimum absolute atomic E-state index is 0.477. The first-order valence-corrected chi connectivity index (χ1v) is 8.12. The van der Waals surface area contributed by atoms with Crippen LogP contribution >= 0.6 is 12.2 Å². The molecule has 2 N–H and O–H groups in total. The molecule has 0 aromatic carbocycles. The quantitative estimate of drug-likeness (QED) is 0.793. The number of fused-ring (bicyclic) bond motifs is 1. The molecule has 2 unspecified atom stereocenters. The number of thiocarbonyl (C=S) groups is 1. The second-order valence-corrected chi connectivity index (χ2v) is 7.39. The van der Waals surface area contributed by atoms with Crippen LogP contribution in [0.15, 0.2) is 0 Å². The maximum Gasteiger partial charge on any atom is 0.0733 e. The van der Waals surface area contributed by atoms with Crippen molar-refractivity contribution in [2.24, 2.45) is 17.1 Å². The zero-order chi connectivity index (χ0) is 12.6. The Labute approximate surface area is 116 Å². The van der Waals surface area contributed by atoms with Gasteiger partial charge in [0.25, 0.3) is 0 Å². The van der Waals surface area contributed by atoms with Gasteiger partial charge in [0.1, 0.15) is 0 Å². The fourth-order valence-electron chi connectivity index (χ4n) is 4.29. The average molecular weight is 266 g/mol. The van der Waals surface area contributed by atoms with Gasteiger partial charge in [0.2, 0.25) is 0 Å².